The molecule has 1 aromatic rings. The fraction of sp³-hybridized carbons (Fsp3) is 0.474. The Balaban J connectivity index is 1.99. The summed E-state index contributed by atoms with van der Waals surface area (Å²) in [5, 5.41) is 9.58. The van der Waals surface area contributed by atoms with Gasteiger partial charge in [0.2, 0.25) is 0 Å². The van der Waals surface area contributed by atoms with E-state index in [4.69, 9.17) is 0 Å². The van der Waals surface area contributed by atoms with Crippen molar-refractivity contribution in [3.63, 3.8) is 0 Å². The van der Waals surface area contributed by atoms with Crippen LogP contribution in [0.3, 0.4) is 0 Å². The molecular weight excluding hydrogens is 338 g/mol. The van der Waals surface area contributed by atoms with Gasteiger partial charge in [0.25, 0.3) is 5.92 Å². The number of hydrogen-bond acceptors (Lipinski definition) is 5. The number of aldehydes is 1. The minimum absolute atomic E-state index is 0.169. The van der Waals surface area contributed by atoms with Crippen LogP contribution in [0.2, 0.25) is 0 Å². The van der Waals surface area contributed by atoms with Crippen molar-refractivity contribution in [1.82, 2.24) is 20.9 Å². The quantitative estimate of drug-likeness (QED) is 0.512. The number of carbonyl (C=O) groups is 1. The topological polar surface area (TPSA) is 66.0 Å². The molecule has 0 radical (unpaired) electrons. The summed E-state index contributed by atoms with van der Waals surface area (Å²) < 4.78 is 27.0. The van der Waals surface area contributed by atoms with Crippen LogP contribution in [0.25, 0.3) is 0 Å². The number of allylic oxidation sites excluding steroid dienone is 2. The molecule has 1 aliphatic heterocycles. The third kappa shape index (κ3) is 6.40. The molecule has 1 aliphatic rings. The van der Waals surface area contributed by atoms with Crippen LogP contribution in [0.15, 0.2) is 42.3 Å². The molecule has 0 aliphatic carbocycles. The zero-order valence-electron chi connectivity index (χ0n) is 15.0. The molecule has 0 spiro atoms. The highest BCUT2D eigenvalue weighted by Gasteiger charge is 2.30. The molecule has 0 aromatic carbocycles. The van der Waals surface area contributed by atoms with E-state index in [-0.39, 0.29) is 32.1 Å². The highest BCUT2D eigenvalue weighted by atomic mass is 19.3. The number of halogens is 2. The van der Waals surface area contributed by atoms with Crippen LogP contribution in [0.5, 0.6) is 0 Å². The standard InChI is InChI=1S/C19H26F2N4O/c1-14(2)9-16(18-24-7-4-19(20,21)5-8-25-18)10-23-12-17-11-22-6-3-15(17)13-26/h3,6,9,11,13,18,23-25H,1,4-5,7-8,10,12H2,2H3/b16-9-. The van der Waals surface area contributed by atoms with E-state index < -0.39 is 5.92 Å². The van der Waals surface area contributed by atoms with Crippen LogP contribution in [0, 0.1) is 0 Å². The van der Waals surface area contributed by atoms with Crippen LogP contribution in [-0.2, 0) is 6.54 Å². The summed E-state index contributed by atoms with van der Waals surface area (Å²) in [4.78, 5) is 15.1. The van der Waals surface area contributed by atoms with Gasteiger partial charge in [0, 0.05) is 57.0 Å². The average Bonchev–Trinajstić information content (AvgIpc) is 2.57. The van der Waals surface area contributed by atoms with Gasteiger partial charge in [-0.05, 0) is 24.1 Å². The summed E-state index contributed by atoms with van der Waals surface area (Å²) >= 11 is 0. The lowest BCUT2D eigenvalue weighted by Crippen LogP contribution is -2.50. The average molecular weight is 364 g/mol. The number of rotatable bonds is 7. The van der Waals surface area contributed by atoms with Gasteiger partial charge in [-0.1, -0.05) is 18.2 Å². The minimum Gasteiger partial charge on any atom is -0.309 e. The Kier molecular flexibility index (Phi) is 7.56. The van der Waals surface area contributed by atoms with Crippen LogP contribution in [0.1, 0.15) is 35.7 Å². The van der Waals surface area contributed by atoms with E-state index in [0.717, 1.165) is 23.0 Å². The van der Waals surface area contributed by atoms with Crippen LogP contribution in [0.4, 0.5) is 8.78 Å². The van der Waals surface area contributed by atoms with E-state index in [1.54, 1.807) is 18.5 Å². The van der Waals surface area contributed by atoms with Crippen molar-refractivity contribution in [3.05, 3.63) is 53.4 Å². The van der Waals surface area contributed by atoms with Gasteiger partial charge in [-0.3, -0.25) is 20.4 Å². The molecule has 0 unspecified atom stereocenters. The summed E-state index contributed by atoms with van der Waals surface area (Å²) in [6.45, 7) is 7.28. The van der Waals surface area contributed by atoms with Gasteiger partial charge in [-0.2, -0.15) is 0 Å². The molecule has 26 heavy (non-hydrogen) atoms. The Morgan fingerprint density at radius 3 is 2.73 bits per heavy atom. The van der Waals surface area contributed by atoms with Gasteiger partial charge in [0.05, 0.1) is 6.17 Å². The van der Waals surface area contributed by atoms with Crippen LogP contribution < -0.4 is 16.0 Å². The number of aromatic nitrogens is 1. The molecule has 0 atom stereocenters. The van der Waals surface area contributed by atoms with Gasteiger partial charge >= 0.3 is 0 Å². The maximum atomic E-state index is 13.5. The molecule has 2 rings (SSSR count). The minimum atomic E-state index is -2.63. The van der Waals surface area contributed by atoms with Crippen molar-refractivity contribution in [1.29, 1.82) is 0 Å². The second kappa shape index (κ2) is 9.66. The van der Waals surface area contributed by atoms with Crippen LogP contribution in [-0.4, -0.2) is 43.0 Å². The van der Waals surface area contributed by atoms with E-state index in [1.807, 2.05) is 13.0 Å². The van der Waals surface area contributed by atoms with E-state index in [2.05, 4.69) is 27.5 Å². The Bertz CT molecular complexity index is 649. The van der Waals surface area contributed by atoms with E-state index >= 15 is 0 Å². The SMILES string of the molecule is C=C(C)/C=C(/CNCc1cnccc1C=O)C1NCCC(F)(F)CCN1. The Hall–Kier alpha value is -1.96. The van der Waals surface area contributed by atoms with Crippen molar-refractivity contribution in [3.8, 4) is 0 Å². The molecule has 1 fully saturated rings. The van der Waals surface area contributed by atoms with Crippen molar-refractivity contribution in [2.75, 3.05) is 19.6 Å². The molecule has 5 nitrogen and oxygen atoms in total. The highest BCUT2D eigenvalue weighted by Crippen LogP contribution is 2.23. The summed E-state index contributed by atoms with van der Waals surface area (Å²) in [5.41, 5.74) is 3.28. The summed E-state index contributed by atoms with van der Waals surface area (Å²) in [6, 6.07) is 1.67. The van der Waals surface area contributed by atoms with Gasteiger partial charge in [-0.15, -0.1) is 0 Å². The second-order valence-corrected chi connectivity index (χ2v) is 6.56. The Labute approximate surface area is 153 Å². The number of alkyl halides is 2. The molecule has 0 saturated carbocycles. The predicted octanol–water partition coefficient (Wildman–Crippen LogP) is 2.42. The van der Waals surface area contributed by atoms with Gasteiger partial charge in [-0.25, -0.2) is 8.78 Å². The number of hydrogen-bond donors (Lipinski definition) is 3. The molecule has 0 bridgehead atoms. The predicted molar refractivity (Wildman–Crippen MR) is 98.2 cm³/mol. The fourth-order valence-corrected chi connectivity index (χ4v) is 2.85. The first-order valence-electron chi connectivity index (χ1n) is 8.70. The van der Waals surface area contributed by atoms with E-state index in [1.165, 1.54) is 0 Å². The number of carbonyl (C=O) groups excluding carboxylic acids is 1. The molecule has 3 N–H and O–H groups in total. The normalized spacial score (nSPS) is 18.8. The third-order valence-corrected chi connectivity index (χ3v) is 4.19. The van der Waals surface area contributed by atoms with Crippen molar-refractivity contribution < 1.29 is 13.6 Å². The Morgan fingerprint density at radius 2 is 2.12 bits per heavy atom. The fourth-order valence-electron chi connectivity index (χ4n) is 2.85. The number of pyridine rings is 1. The molecule has 0 amide bonds. The smallest absolute Gasteiger partial charge is 0.250 e. The lowest BCUT2D eigenvalue weighted by atomic mass is 10.1. The monoisotopic (exact) mass is 364 g/mol. The first-order chi connectivity index (χ1) is 12.4. The lowest BCUT2D eigenvalue weighted by molar-refractivity contribution is -0.0202. The molecule has 7 heteroatoms. The number of nitrogens with zero attached hydrogens (tertiary/aromatic N) is 1. The maximum Gasteiger partial charge on any atom is 0.250 e. The van der Waals surface area contributed by atoms with E-state index in [9.17, 15) is 13.6 Å². The third-order valence-electron chi connectivity index (χ3n) is 4.19. The molecular formula is C19H26F2N4O. The summed E-state index contributed by atoms with van der Waals surface area (Å²) in [5.74, 6) is -2.63. The van der Waals surface area contributed by atoms with Gasteiger partial charge in [0.15, 0.2) is 0 Å². The van der Waals surface area contributed by atoms with Crippen molar-refractivity contribution in [2.45, 2.75) is 38.4 Å². The van der Waals surface area contributed by atoms with Gasteiger partial charge in [0.1, 0.15) is 6.29 Å². The summed E-state index contributed by atoms with van der Waals surface area (Å²) in [6.07, 6.45) is 5.46. The zero-order chi connectivity index (χ0) is 19.0. The largest absolute Gasteiger partial charge is 0.309 e. The lowest BCUT2D eigenvalue weighted by Gasteiger charge is -2.29. The zero-order valence-corrected chi connectivity index (χ0v) is 15.0. The molecule has 1 aromatic heterocycles. The molecule has 142 valence electrons. The number of nitrogens with one attached hydrogen (secondary N) is 3. The van der Waals surface area contributed by atoms with Crippen molar-refractivity contribution in [2.24, 2.45) is 0 Å². The highest BCUT2D eigenvalue weighted by molar-refractivity contribution is 5.76. The maximum absolute atomic E-state index is 13.5. The van der Waals surface area contributed by atoms with Crippen molar-refractivity contribution >= 4 is 6.29 Å². The second-order valence-electron chi connectivity index (χ2n) is 6.56. The molecule has 2 heterocycles. The Morgan fingerprint density at radius 1 is 1.42 bits per heavy atom. The summed E-state index contributed by atoms with van der Waals surface area (Å²) in [7, 11) is 0. The first kappa shape index (κ1) is 20.4. The van der Waals surface area contributed by atoms with Gasteiger partial charge < -0.3 is 5.32 Å². The van der Waals surface area contributed by atoms with Crippen LogP contribution >= 0.6 is 0 Å². The van der Waals surface area contributed by atoms with E-state index in [0.29, 0.717) is 18.7 Å². The first-order valence-corrected chi connectivity index (χ1v) is 8.70. The molecule has 1 saturated heterocycles.